The van der Waals surface area contributed by atoms with Gasteiger partial charge < -0.3 is 14.5 Å². The molecule has 176 valence electrons. The van der Waals surface area contributed by atoms with E-state index in [4.69, 9.17) is 9.72 Å². The van der Waals surface area contributed by atoms with Crippen LogP contribution in [-0.2, 0) is 24.1 Å². The summed E-state index contributed by atoms with van der Waals surface area (Å²) in [5, 5.41) is 0. The molecule has 1 atom stereocenters. The van der Waals surface area contributed by atoms with Crippen molar-refractivity contribution in [2.45, 2.75) is 71.3 Å². The van der Waals surface area contributed by atoms with E-state index in [2.05, 4.69) is 46.0 Å². The lowest BCUT2D eigenvalue weighted by atomic mass is 9.91. The van der Waals surface area contributed by atoms with E-state index in [0.29, 0.717) is 12.3 Å². The summed E-state index contributed by atoms with van der Waals surface area (Å²) in [5.41, 5.74) is 3.67. The summed E-state index contributed by atoms with van der Waals surface area (Å²) in [6.07, 6.45) is 8.23. The highest BCUT2D eigenvalue weighted by molar-refractivity contribution is 5.76. The van der Waals surface area contributed by atoms with Crippen LogP contribution in [0.4, 0.5) is 5.82 Å². The van der Waals surface area contributed by atoms with Crippen molar-refractivity contribution < 1.29 is 9.53 Å². The largest absolute Gasteiger partial charge is 0.490 e. The predicted octanol–water partition coefficient (Wildman–Crippen LogP) is 4.12. The Morgan fingerprint density at radius 3 is 2.67 bits per heavy atom. The average Bonchev–Trinajstić information content (AvgIpc) is 3.46. The SMILES string of the molecule is Cc1nc(CC2CCN(C(=O)CCc3ccc4c(c3)CC(C)O4)CC2)cc(N2CCCC2)n1. The number of piperidine rings is 1. The first-order valence-corrected chi connectivity index (χ1v) is 12.7. The fraction of sp³-hybridized carbons (Fsp3) is 0.593. The maximum Gasteiger partial charge on any atom is 0.222 e. The Balaban J connectivity index is 1.10. The molecule has 6 nitrogen and oxygen atoms in total. The molecule has 0 radical (unpaired) electrons. The monoisotopic (exact) mass is 448 g/mol. The summed E-state index contributed by atoms with van der Waals surface area (Å²) < 4.78 is 5.79. The smallest absolute Gasteiger partial charge is 0.222 e. The van der Waals surface area contributed by atoms with Crippen molar-refractivity contribution in [2.75, 3.05) is 31.1 Å². The molecule has 1 aromatic carbocycles. The fourth-order valence-electron chi connectivity index (χ4n) is 5.55. The first-order chi connectivity index (χ1) is 16.0. The number of fused-ring (bicyclic) bond motifs is 1. The van der Waals surface area contributed by atoms with Gasteiger partial charge in [0.25, 0.3) is 0 Å². The number of carbonyl (C=O) groups is 1. The number of rotatable bonds is 6. The van der Waals surface area contributed by atoms with Crippen molar-refractivity contribution in [3.8, 4) is 5.75 Å². The Morgan fingerprint density at radius 1 is 1.09 bits per heavy atom. The van der Waals surface area contributed by atoms with Crippen molar-refractivity contribution in [2.24, 2.45) is 5.92 Å². The molecule has 0 aliphatic carbocycles. The van der Waals surface area contributed by atoms with E-state index >= 15 is 0 Å². The second-order valence-electron chi connectivity index (χ2n) is 10.1. The van der Waals surface area contributed by atoms with Gasteiger partial charge in [-0.15, -0.1) is 0 Å². The molecule has 1 unspecified atom stereocenters. The minimum Gasteiger partial charge on any atom is -0.490 e. The van der Waals surface area contributed by atoms with Gasteiger partial charge in [-0.3, -0.25) is 4.79 Å². The maximum atomic E-state index is 12.8. The van der Waals surface area contributed by atoms with Crippen molar-refractivity contribution >= 4 is 11.7 Å². The van der Waals surface area contributed by atoms with Gasteiger partial charge in [0.15, 0.2) is 0 Å². The molecular weight excluding hydrogens is 412 g/mol. The van der Waals surface area contributed by atoms with Gasteiger partial charge in [0.05, 0.1) is 0 Å². The number of aromatic nitrogens is 2. The van der Waals surface area contributed by atoms with Crippen LogP contribution in [0.3, 0.4) is 0 Å². The molecule has 1 aromatic heterocycles. The number of aryl methyl sites for hydroxylation is 2. The number of hydrogen-bond donors (Lipinski definition) is 0. The lowest BCUT2D eigenvalue weighted by Crippen LogP contribution is -2.39. The molecule has 2 fully saturated rings. The fourth-order valence-corrected chi connectivity index (χ4v) is 5.55. The standard InChI is InChI=1S/C27H36N4O2/c1-19-15-23-16-21(5-7-25(23)33-19)6-8-27(32)31-13-9-22(10-14-31)17-24-18-26(29-20(2)28-24)30-11-3-4-12-30/h5,7,16,18-19,22H,3-4,6,8-15,17H2,1-2H3. The molecule has 0 spiro atoms. The summed E-state index contributed by atoms with van der Waals surface area (Å²) in [7, 11) is 0. The molecule has 4 heterocycles. The highest BCUT2D eigenvalue weighted by Gasteiger charge is 2.24. The number of nitrogens with zero attached hydrogens (tertiary/aromatic N) is 4. The molecule has 2 saturated heterocycles. The predicted molar refractivity (Wildman–Crippen MR) is 130 cm³/mol. The molecule has 5 rings (SSSR count). The van der Waals surface area contributed by atoms with Crippen LogP contribution in [0.15, 0.2) is 24.3 Å². The Morgan fingerprint density at radius 2 is 1.88 bits per heavy atom. The number of carbonyl (C=O) groups excluding carboxylic acids is 1. The summed E-state index contributed by atoms with van der Waals surface area (Å²) in [6.45, 7) is 8.04. The molecular formula is C27H36N4O2. The summed E-state index contributed by atoms with van der Waals surface area (Å²) >= 11 is 0. The zero-order chi connectivity index (χ0) is 22.8. The van der Waals surface area contributed by atoms with Gasteiger partial charge in [-0.05, 0) is 75.5 Å². The van der Waals surface area contributed by atoms with Gasteiger partial charge in [0.1, 0.15) is 23.5 Å². The quantitative estimate of drug-likeness (QED) is 0.665. The van der Waals surface area contributed by atoms with E-state index < -0.39 is 0 Å². The van der Waals surface area contributed by atoms with Crippen LogP contribution in [0.5, 0.6) is 5.75 Å². The Bertz CT molecular complexity index is 994. The third-order valence-corrected chi connectivity index (χ3v) is 7.36. The average molecular weight is 449 g/mol. The molecule has 3 aliphatic heterocycles. The van der Waals surface area contributed by atoms with E-state index in [-0.39, 0.29) is 12.0 Å². The van der Waals surface area contributed by atoms with Gasteiger partial charge in [0, 0.05) is 50.8 Å². The summed E-state index contributed by atoms with van der Waals surface area (Å²) in [6, 6.07) is 8.58. The minimum absolute atomic E-state index is 0.260. The normalized spacial score (nSPS) is 20.7. The summed E-state index contributed by atoms with van der Waals surface area (Å²) in [5.74, 6) is 3.84. The van der Waals surface area contributed by atoms with Crippen LogP contribution in [0.2, 0.25) is 0 Å². The van der Waals surface area contributed by atoms with Crippen LogP contribution in [0.1, 0.15) is 61.7 Å². The summed E-state index contributed by atoms with van der Waals surface area (Å²) in [4.78, 5) is 26.7. The molecule has 6 heteroatoms. The minimum atomic E-state index is 0.260. The zero-order valence-corrected chi connectivity index (χ0v) is 20.1. The van der Waals surface area contributed by atoms with E-state index in [1.54, 1.807) is 0 Å². The number of likely N-dealkylation sites (tertiary alicyclic amines) is 1. The molecule has 0 saturated carbocycles. The number of hydrogen-bond acceptors (Lipinski definition) is 5. The Hall–Kier alpha value is -2.63. The van der Waals surface area contributed by atoms with E-state index in [9.17, 15) is 4.79 Å². The lowest BCUT2D eigenvalue weighted by molar-refractivity contribution is -0.132. The Kier molecular flexibility index (Phi) is 6.52. The highest BCUT2D eigenvalue weighted by Crippen LogP contribution is 2.30. The van der Waals surface area contributed by atoms with Gasteiger partial charge in [-0.25, -0.2) is 9.97 Å². The van der Waals surface area contributed by atoms with Gasteiger partial charge in [0.2, 0.25) is 5.91 Å². The second-order valence-corrected chi connectivity index (χ2v) is 10.1. The first kappa shape index (κ1) is 22.2. The Labute approximate surface area is 197 Å². The third-order valence-electron chi connectivity index (χ3n) is 7.36. The van der Waals surface area contributed by atoms with Gasteiger partial charge in [-0.1, -0.05) is 12.1 Å². The van der Waals surface area contributed by atoms with E-state index in [0.717, 1.165) is 81.4 Å². The molecule has 0 N–H and O–H groups in total. The van der Waals surface area contributed by atoms with Crippen molar-refractivity contribution in [1.29, 1.82) is 0 Å². The highest BCUT2D eigenvalue weighted by atomic mass is 16.5. The molecule has 1 amide bonds. The number of anilines is 1. The van der Waals surface area contributed by atoms with Crippen LogP contribution in [0, 0.1) is 12.8 Å². The van der Waals surface area contributed by atoms with E-state index in [1.165, 1.54) is 24.0 Å². The number of amides is 1. The van der Waals surface area contributed by atoms with Crippen LogP contribution in [0.25, 0.3) is 0 Å². The zero-order valence-electron chi connectivity index (χ0n) is 20.1. The molecule has 0 bridgehead atoms. The number of benzene rings is 1. The van der Waals surface area contributed by atoms with Crippen LogP contribution >= 0.6 is 0 Å². The lowest BCUT2D eigenvalue weighted by Gasteiger charge is -2.32. The first-order valence-electron chi connectivity index (χ1n) is 12.7. The maximum absolute atomic E-state index is 12.8. The van der Waals surface area contributed by atoms with Crippen LogP contribution in [-0.4, -0.2) is 53.1 Å². The third kappa shape index (κ3) is 5.31. The van der Waals surface area contributed by atoms with Crippen molar-refractivity contribution in [3.05, 3.63) is 46.9 Å². The second kappa shape index (κ2) is 9.70. The molecule has 3 aliphatic rings. The topological polar surface area (TPSA) is 58.6 Å². The van der Waals surface area contributed by atoms with Crippen molar-refractivity contribution in [1.82, 2.24) is 14.9 Å². The van der Waals surface area contributed by atoms with Crippen molar-refractivity contribution in [3.63, 3.8) is 0 Å². The van der Waals surface area contributed by atoms with Gasteiger partial charge in [-0.2, -0.15) is 0 Å². The van der Waals surface area contributed by atoms with E-state index in [1.807, 2.05) is 6.92 Å². The van der Waals surface area contributed by atoms with Gasteiger partial charge >= 0.3 is 0 Å². The number of ether oxygens (including phenoxy) is 1. The van der Waals surface area contributed by atoms with Crippen LogP contribution < -0.4 is 9.64 Å². The molecule has 2 aromatic rings. The molecule has 33 heavy (non-hydrogen) atoms.